The van der Waals surface area contributed by atoms with Gasteiger partial charge in [-0.05, 0) is 24.5 Å². The Bertz CT molecular complexity index is 408. The molecule has 1 aromatic rings. The Hall–Kier alpha value is -0.870. The van der Waals surface area contributed by atoms with Gasteiger partial charge in [-0.3, -0.25) is 0 Å². The number of rotatable bonds is 8. The first kappa shape index (κ1) is 20.1. The molecule has 0 saturated heterocycles. The monoisotopic (exact) mass is 318 g/mol. The van der Waals surface area contributed by atoms with Crippen LogP contribution in [0.25, 0.3) is 0 Å². The van der Waals surface area contributed by atoms with Gasteiger partial charge in [0.2, 0.25) is 0 Å². The molecule has 4 N–H and O–H groups in total. The van der Waals surface area contributed by atoms with Crippen LogP contribution in [0.3, 0.4) is 0 Å². The number of aryl methyl sites for hydroxylation is 1. The van der Waals surface area contributed by atoms with E-state index in [1.54, 1.807) is 6.07 Å². The first-order valence-electron chi connectivity index (χ1n) is 7.39. The first-order chi connectivity index (χ1) is 9.84. The molecule has 0 spiro atoms. The fourth-order valence-corrected chi connectivity index (χ4v) is 1.99. The van der Waals surface area contributed by atoms with Crippen LogP contribution in [0.15, 0.2) is 24.3 Å². The van der Waals surface area contributed by atoms with E-state index in [0.717, 1.165) is 12.0 Å². The molecule has 6 heteroatoms. The van der Waals surface area contributed by atoms with Gasteiger partial charge in [0.05, 0.1) is 0 Å². The predicted octanol–water partition coefficient (Wildman–Crippen LogP) is 3.76. The summed E-state index contributed by atoms with van der Waals surface area (Å²) in [6.07, 6.45) is 10.3. The van der Waals surface area contributed by atoms with Gasteiger partial charge in [-0.1, -0.05) is 63.6 Å². The number of hydrogen-bond acceptors (Lipinski definition) is 2. The van der Waals surface area contributed by atoms with E-state index in [0.29, 0.717) is 5.75 Å². The van der Waals surface area contributed by atoms with Crippen LogP contribution in [-0.2, 0) is 11.0 Å². The van der Waals surface area contributed by atoms with Crippen molar-refractivity contribution in [2.45, 2.75) is 58.3 Å². The summed E-state index contributed by atoms with van der Waals surface area (Å²) in [5.74, 6) is 0.452. The molecule has 0 fully saturated rings. The van der Waals surface area contributed by atoms with E-state index in [4.69, 9.17) is 19.2 Å². The Balaban J connectivity index is 0.000000690. The Morgan fingerprint density at radius 2 is 1.38 bits per heavy atom. The lowest BCUT2D eigenvalue weighted by Crippen LogP contribution is -1.87. The molecule has 122 valence electrons. The lowest BCUT2D eigenvalue weighted by molar-refractivity contribution is 0.275. The highest BCUT2D eigenvalue weighted by Gasteiger charge is 2.00. The smallest absolute Gasteiger partial charge is 0.466 e. The van der Waals surface area contributed by atoms with Crippen LogP contribution in [0.1, 0.15) is 57.4 Å². The molecule has 0 aliphatic carbocycles. The van der Waals surface area contributed by atoms with E-state index in [1.807, 2.05) is 18.2 Å². The maximum absolute atomic E-state index is 9.58. The van der Waals surface area contributed by atoms with Crippen LogP contribution in [0.5, 0.6) is 5.75 Å². The largest absolute Gasteiger partial charge is 0.508 e. The van der Waals surface area contributed by atoms with E-state index in [-0.39, 0.29) is 0 Å². The van der Waals surface area contributed by atoms with Gasteiger partial charge in [-0.2, -0.15) is 0 Å². The number of phosphoric acid groups is 1. The number of phenolic OH excluding ortho intramolecular Hbond substituents is 1. The van der Waals surface area contributed by atoms with E-state index >= 15 is 0 Å². The number of unbranched alkanes of at least 4 members (excludes halogenated alkanes) is 6. The highest BCUT2D eigenvalue weighted by Crippen LogP contribution is 2.25. The molecule has 0 bridgehead atoms. The minimum absolute atomic E-state index is 0.452. The SMILES string of the molecule is CCCCCCCCCc1ccccc1O.O=P(O)(O)O. The summed E-state index contributed by atoms with van der Waals surface area (Å²) < 4.78 is 8.88. The molecular weight excluding hydrogens is 291 g/mol. The Morgan fingerprint density at radius 3 is 1.90 bits per heavy atom. The van der Waals surface area contributed by atoms with Crippen molar-refractivity contribution in [3.05, 3.63) is 29.8 Å². The topological polar surface area (TPSA) is 98.0 Å². The van der Waals surface area contributed by atoms with Crippen molar-refractivity contribution in [1.82, 2.24) is 0 Å². The average molecular weight is 318 g/mol. The Morgan fingerprint density at radius 1 is 0.905 bits per heavy atom. The maximum atomic E-state index is 9.58. The van der Waals surface area contributed by atoms with Crippen LogP contribution in [0.4, 0.5) is 0 Å². The van der Waals surface area contributed by atoms with E-state index in [2.05, 4.69) is 6.92 Å². The summed E-state index contributed by atoms with van der Waals surface area (Å²) in [4.78, 5) is 21.6. The highest BCUT2D eigenvalue weighted by molar-refractivity contribution is 7.45. The summed E-state index contributed by atoms with van der Waals surface area (Å²) in [6.45, 7) is 2.25. The normalized spacial score (nSPS) is 10.9. The van der Waals surface area contributed by atoms with E-state index in [1.165, 1.54) is 44.9 Å². The zero-order valence-corrected chi connectivity index (χ0v) is 13.5. The number of hydrogen-bond donors (Lipinski definition) is 4. The predicted molar refractivity (Wildman–Crippen MR) is 84.1 cm³/mol. The molecule has 0 aromatic heterocycles. The minimum atomic E-state index is -4.64. The van der Waals surface area contributed by atoms with Crippen LogP contribution in [0.2, 0.25) is 0 Å². The standard InChI is InChI=1S/C15H24O.H3O4P/c1-2-3-4-5-6-7-8-11-14-12-9-10-13-15(14)16;1-5(2,3)4/h9-10,12-13,16H,2-8,11H2,1H3;(H3,1,2,3,4). The van der Waals surface area contributed by atoms with Gasteiger partial charge in [-0.15, -0.1) is 0 Å². The molecule has 0 atom stereocenters. The number of para-hydroxylation sites is 1. The van der Waals surface area contributed by atoms with Crippen molar-refractivity contribution in [3.63, 3.8) is 0 Å². The summed E-state index contributed by atoms with van der Waals surface area (Å²) >= 11 is 0. The maximum Gasteiger partial charge on any atom is 0.466 e. The third-order valence-corrected chi connectivity index (χ3v) is 3.04. The summed E-state index contributed by atoms with van der Waals surface area (Å²) in [7, 11) is -4.64. The van der Waals surface area contributed by atoms with E-state index < -0.39 is 7.82 Å². The zero-order chi connectivity index (χ0) is 16.1. The molecule has 0 saturated carbocycles. The van der Waals surface area contributed by atoms with Crippen molar-refractivity contribution in [1.29, 1.82) is 0 Å². The second-order valence-corrected chi connectivity index (χ2v) is 6.04. The Labute approximate surface area is 126 Å². The Kier molecular flexibility index (Phi) is 11.3. The zero-order valence-electron chi connectivity index (χ0n) is 12.6. The van der Waals surface area contributed by atoms with Crippen molar-refractivity contribution in [2.75, 3.05) is 0 Å². The second kappa shape index (κ2) is 11.8. The first-order valence-corrected chi connectivity index (χ1v) is 8.96. The van der Waals surface area contributed by atoms with Gasteiger partial charge in [0.25, 0.3) is 0 Å². The molecule has 0 unspecified atom stereocenters. The third-order valence-electron chi connectivity index (χ3n) is 3.04. The van der Waals surface area contributed by atoms with Crippen LogP contribution in [0, 0.1) is 0 Å². The van der Waals surface area contributed by atoms with Crippen LogP contribution in [-0.4, -0.2) is 19.8 Å². The highest BCUT2D eigenvalue weighted by atomic mass is 31.2. The van der Waals surface area contributed by atoms with Gasteiger partial charge in [0.15, 0.2) is 0 Å². The van der Waals surface area contributed by atoms with Crippen LogP contribution < -0.4 is 0 Å². The quantitative estimate of drug-likeness (QED) is 0.432. The van der Waals surface area contributed by atoms with Crippen LogP contribution >= 0.6 is 7.82 Å². The van der Waals surface area contributed by atoms with Gasteiger partial charge < -0.3 is 19.8 Å². The minimum Gasteiger partial charge on any atom is -0.508 e. The van der Waals surface area contributed by atoms with Gasteiger partial charge in [0.1, 0.15) is 5.75 Å². The molecule has 0 aliphatic heterocycles. The van der Waals surface area contributed by atoms with Crippen molar-refractivity contribution >= 4 is 7.82 Å². The summed E-state index contributed by atoms with van der Waals surface area (Å²) in [5, 5.41) is 9.58. The van der Waals surface area contributed by atoms with Crippen molar-refractivity contribution < 1.29 is 24.4 Å². The second-order valence-electron chi connectivity index (χ2n) is 5.01. The molecule has 1 aromatic carbocycles. The third kappa shape index (κ3) is 15.3. The van der Waals surface area contributed by atoms with Gasteiger partial charge >= 0.3 is 7.82 Å². The summed E-state index contributed by atoms with van der Waals surface area (Å²) in [6, 6.07) is 7.67. The van der Waals surface area contributed by atoms with Gasteiger partial charge in [-0.25, -0.2) is 4.57 Å². The number of benzene rings is 1. The van der Waals surface area contributed by atoms with Crippen molar-refractivity contribution in [2.24, 2.45) is 0 Å². The molecule has 21 heavy (non-hydrogen) atoms. The molecule has 1 rings (SSSR count). The fraction of sp³-hybridized carbons (Fsp3) is 0.600. The molecule has 0 aliphatic rings. The lowest BCUT2D eigenvalue weighted by Gasteiger charge is -2.04. The summed E-state index contributed by atoms with van der Waals surface area (Å²) in [5.41, 5.74) is 1.09. The van der Waals surface area contributed by atoms with Gasteiger partial charge in [0, 0.05) is 0 Å². The molecule has 0 amide bonds. The number of aromatic hydroxyl groups is 1. The average Bonchev–Trinajstić information content (AvgIpc) is 2.38. The molecule has 0 heterocycles. The fourth-order valence-electron chi connectivity index (χ4n) is 1.99. The van der Waals surface area contributed by atoms with E-state index in [9.17, 15) is 5.11 Å². The molecule has 0 radical (unpaired) electrons. The van der Waals surface area contributed by atoms with Crippen molar-refractivity contribution in [3.8, 4) is 5.75 Å². The molecule has 5 nitrogen and oxygen atoms in total. The lowest BCUT2D eigenvalue weighted by atomic mass is 10.0. The number of phenols is 1. The molecular formula is C15H27O5P.